The van der Waals surface area contributed by atoms with E-state index in [4.69, 9.17) is 4.74 Å². The predicted octanol–water partition coefficient (Wildman–Crippen LogP) is 6.88. The Kier molecular flexibility index (Phi) is 8.95. The molecule has 144 valence electrons. The van der Waals surface area contributed by atoms with Crippen molar-refractivity contribution in [3.8, 4) is 17.6 Å². The number of hydrogen-bond acceptors (Lipinski definition) is 1. The molecule has 2 rings (SSSR count). The van der Waals surface area contributed by atoms with Crippen molar-refractivity contribution in [3.05, 3.63) is 29.3 Å². The van der Waals surface area contributed by atoms with Crippen LogP contribution in [-0.4, -0.2) is 6.61 Å². The molecule has 0 aliphatic heterocycles. The van der Waals surface area contributed by atoms with Crippen LogP contribution < -0.4 is 4.74 Å². The van der Waals surface area contributed by atoms with E-state index < -0.39 is 11.6 Å². The molecule has 1 aliphatic carbocycles. The molecule has 26 heavy (non-hydrogen) atoms. The summed E-state index contributed by atoms with van der Waals surface area (Å²) in [5.41, 5.74) is 0.136. The van der Waals surface area contributed by atoms with Crippen molar-refractivity contribution in [1.29, 1.82) is 0 Å². The van der Waals surface area contributed by atoms with Crippen molar-refractivity contribution in [2.24, 2.45) is 11.8 Å². The van der Waals surface area contributed by atoms with Crippen molar-refractivity contribution < 1.29 is 13.5 Å². The van der Waals surface area contributed by atoms with Crippen LogP contribution in [0.2, 0.25) is 0 Å². The monoisotopic (exact) mass is 362 g/mol. The number of benzene rings is 1. The fourth-order valence-corrected chi connectivity index (χ4v) is 3.54. The molecule has 0 radical (unpaired) electrons. The summed E-state index contributed by atoms with van der Waals surface area (Å²) < 4.78 is 33.7. The summed E-state index contributed by atoms with van der Waals surface area (Å²) in [4.78, 5) is 0. The molecule has 0 bridgehead atoms. The first-order valence-corrected chi connectivity index (χ1v) is 10.3. The van der Waals surface area contributed by atoms with Crippen molar-refractivity contribution in [1.82, 2.24) is 0 Å². The third-order valence-corrected chi connectivity index (χ3v) is 5.28. The quantitative estimate of drug-likeness (QED) is 0.362. The molecule has 0 amide bonds. The second-order valence-corrected chi connectivity index (χ2v) is 7.42. The van der Waals surface area contributed by atoms with Crippen LogP contribution in [0.4, 0.5) is 8.78 Å². The highest BCUT2D eigenvalue weighted by atomic mass is 19.2. The van der Waals surface area contributed by atoms with Crippen LogP contribution in [0.3, 0.4) is 0 Å². The zero-order chi connectivity index (χ0) is 18.8. The van der Waals surface area contributed by atoms with Gasteiger partial charge < -0.3 is 4.74 Å². The van der Waals surface area contributed by atoms with E-state index in [2.05, 4.69) is 25.7 Å². The highest BCUT2D eigenvalue weighted by Gasteiger charge is 2.19. The smallest absolute Gasteiger partial charge is 0.201 e. The van der Waals surface area contributed by atoms with Crippen LogP contribution >= 0.6 is 0 Å². The maximum Gasteiger partial charge on any atom is 0.201 e. The molecule has 1 fully saturated rings. The van der Waals surface area contributed by atoms with Crippen LogP contribution in [0.1, 0.15) is 83.6 Å². The van der Waals surface area contributed by atoms with E-state index >= 15 is 0 Å². The molecule has 1 nitrogen and oxygen atoms in total. The number of ether oxygens (including phenoxy) is 1. The summed E-state index contributed by atoms with van der Waals surface area (Å²) in [5, 5.41) is 0. The zero-order valence-electron chi connectivity index (χ0n) is 16.3. The van der Waals surface area contributed by atoms with E-state index in [1.165, 1.54) is 44.2 Å². The molecule has 0 heterocycles. The van der Waals surface area contributed by atoms with Gasteiger partial charge in [-0.05, 0) is 50.2 Å². The van der Waals surface area contributed by atoms with E-state index in [0.29, 0.717) is 12.5 Å². The fourth-order valence-electron chi connectivity index (χ4n) is 3.54. The molecule has 0 spiro atoms. The van der Waals surface area contributed by atoms with Crippen molar-refractivity contribution >= 4 is 0 Å². The topological polar surface area (TPSA) is 9.23 Å². The van der Waals surface area contributed by atoms with Gasteiger partial charge in [0.15, 0.2) is 11.6 Å². The molecular weight excluding hydrogens is 330 g/mol. The minimum absolute atomic E-state index is 0.0133. The van der Waals surface area contributed by atoms with Gasteiger partial charge in [-0.15, -0.1) is 0 Å². The summed E-state index contributed by atoms with van der Waals surface area (Å²) in [6.45, 7) is 4.73. The number of halogens is 2. The van der Waals surface area contributed by atoms with Crippen molar-refractivity contribution in [2.45, 2.75) is 78.1 Å². The second-order valence-electron chi connectivity index (χ2n) is 7.42. The van der Waals surface area contributed by atoms with E-state index in [0.717, 1.165) is 38.0 Å². The van der Waals surface area contributed by atoms with E-state index in [1.807, 2.05) is 0 Å². The van der Waals surface area contributed by atoms with Crippen LogP contribution in [0.5, 0.6) is 5.75 Å². The first-order chi connectivity index (χ1) is 12.7. The summed E-state index contributed by atoms with van der Waals surface area (Å²) >= 11 is 0. The Labute approximate surface area is 157 Å². The lowest BCUT2D eigenvalue weighted by Gasteiger charge is -2.25. The molecule has 0 atom stereocenters. The van der Waals surface area contributed by atoms with Crippen molar-refractivity contribution in [3.63, 3.8) is 0 Å². The van der Waals surface area contributed by atoms with Crippen LogP contribution in [0, 0.1) is 35.3 Å². The summed E-state index contributed by atoms with van der Waals surface area (Å²) in [7, 11) is 0. The Balaban J connectivity index is 1.90. The molecule has 1 aromatic rings. The van der Waals surface area contributed by atoms with Gasteiger partial charge in [0.25, 0.3) is 0 Å². The minimum Gasteiger partial charge on any atom is -0.490 e. The molecule has 1 saturated carbocycles. The van der Waals surface area contributed by atoms with Gasteiger partial charge in [0.1, 0.15) is 0 Å². The van der Waals surface area contributed by atoms with Gasteiger partial charge in [-0.3, -0.25) is 0 Å². The third kappa shape index (κ3) is 6.31. The second kappa shape index (κ2) is 11.2. The molecular formula is C23H32F2O. The molecule has 3 heteroatoms. The molecule has 0 saturated heterocycles. The standard InChI is InChI=1S/C23H32F2O/c1-3-5-7-17-26-21-16-15-20(22(24)23(21)25)14-13-19-11-9-18(10-12-19)8-6-4-2/h15-16,18-19H,3-12,17H2,1-2H3. The first-order valence-electron chi connectivity index (χ1n) is 10.3. The predicted molar refractivity (Wildman–Crippen MR) is 103 cm³/mol. The lowest BCUT2D eigenvalue weighted by Crippen LogP contribution is -2.13. The molecule has 1 aromatic carbocycles. The highest BCUT2D eigenvalue weighted by Crippen LogP contribution is 2.31. The Morgan fingerprint density at radius 2 is 1.69 bits per heavy atom. The van der Waals surface area contributed by atoms with Gasteiger partial charge in [0, 0.05) is 5.92 Å². The summed E-state index contributed by atoms with van der Waals surface area (Å²) in [6, 6.07) is 3.03. The summed E-state index contributed by atoms with van der Waals surface area (Å²) in [5.74, 6) is 5.34. The third-order valence-electron chi connectivity index (χ3n) is 5.28. The highest BCUT2D eigenvalue weighted by molar-refractivity contribution is 5.41. The molecule has 0 unspecified atom stereocenters. The first kappa shape index (κ1) is 20.7. The Morgan fingerprint density at radius 1 is 0.962 bits per heavy atom. The van der Waals surface area contributed by atoms with Gasteiger partial charge in [-0.1, -0.05) is 57.8 Å². The normalized spacial score (nSPS) is 19.7. The summed E-state index contributed by atoms with van der Waals surface area (Å²) in [6.07, 6.45) is 11.4. The van der Waals surface area contributed by atoms with Crippen LogP contribution in [-0.2, 0) is 0 Å². The average molecular weight is 363 g/mol. The van der Waals surface area contributed by atoms with Crippen LogP contribution in [0.15, 0.2) is 12.1 Å². The molecule has 0 aromatic heterocycles. The lowest BCUT2D eigenvalue weighted by molar-refractivity contribution is 0.286. The number of rotatable bonds is 8. The number of hydrogen-bond donors (Lipinski definition) is 0. The SMILES string of the molecule is CCCCCOc1ccc(C#CC2CCC(CCCC)CC2)c(F)c1F. The van der Waals surface area contributed by atoms with Gasteiger partial charge >= 0.3 is 0 Å². The van der Waals surface area contributed by atoms with Gasteiger partial charge in [-0.2, -0.15) is 4.39 Å². The molecule has 0 N–H and O–H groups in total. The van der Waals surface area contributed by atoms with E-state index in [9.17, 15) is 8.78 Å². The van der Waals surface area contributed by atoms with Gasteiger partial charge in [0.2, 0.25) is 5.82 Å². The average Bonchev–Trinajstić information content (AvgIpc) is 2.67. The van der Waals surface area contributed by atoms with E-state index in [1.54, 1.807) is 0 Å². The molecule has 1 aliphatic rings. The largest absolute Gasteiger partial charge is 0.490 e. The lowest BCUT2D eigenvalue weighted by atomic mass is 9.80. The number of unbranched alkanes of at least 4 members (excludes halogenated alkanes) is 3. The Morgan fingerprint density at radius 3 is 2.38 bits per heavy atom. The van der Waals surface area contributed by atoms with Crippen LogP contribution in [0.25, 0.3) is 0 Å². The fraction of sp³-hybridized carbons (Fsp3) is 0.652. The van der Waals surface area contributed by atoms with Gasteiger partial charge in [-0.25, -0.2) is 4.39 Å². The Bertz CT molecular complexity index is 607. The minimum atomic E-state index is -0.920. The maximum atomic E-state index is 14.2. The Hall–Kier alpha value is -1.56. The van der Waals surface area contributed by atoms with Crippen molar-refractivity contribution in [2.75, 3.05) is 6.61 Å². The van der Waals surface area contributed by atoms with Gasteiger partial charge in [0.05, 0.1) is 12.2 Å². The maximum absolute atomic E-state index is 14.2. The van der Waals surface area contributed by atoms with E-state index in [-0.39, 0.29) is 11.3 Å². The zero-order valence-corrected chi connectivity index (χ0v) is 16.3.